The first kappa shape index (κ1) is 12.3. The van der Waals surface area contributed by atoms with Gasteiger partial charge in [-0.15, -0.1) is 0 Å². The maximum Gasteiger partial charge on any atom is 0.412 e. The van der Waals surface area contributed by atoms with Gasteiger partial charge in [0, 0.05) is 0 Å². The molecule has 102 valence electrons. The van der Waals surface area contributed by atoms with Crippen molar-refractivity contribution < 1.29 is 19.0 Å². The molecule has 0 aromatic heterocycles. The summed E-state index contributed by atoms with van der Waals surface area (Å²) in [7, 11) is 0. The molecule has 3 rings (SSSR count). The average Bonchev–Trinajstić information content (AvgIpc) is 2.96. The number of carbonyl (C=O) groups excluding carboxylic acids is 1. The minimum atomic E-state index is -0.530. The van der Waals surface area contributed by atoms with Crippen LogP contribution in [0.3, 0.4) is 0 Å². The Kier molecular flexibility index (Phi) is 3.41. The summed E-state index contributed by atoms with van der Waals surface area (Å²) in [6.45, 7) is 0.381. The molecule has 0 saturated carbocycles. The van der Waals surface area contributed by atoms with Gasteiger partial charge in [0.25, 0.3) is 0 Å². The smallest absolute Gasteiger partial charge is 0.412 e. The number of fused-ring (bicyclic) bond motifs is 1. The fourth-order valence-electron chi connectivity index (χ4n) is 1.90. The number of carbonyl (C=O) groups is 1. The van der Waals surface area contributed by atoms with Crippen LogP contribution < -0.4 is 14.8 Å². The zero-order chi connectivity index (χ0) is 13.8. The number of hydrogen-bond donors (Lipinski definition) is 1. The van der Waals surface area contributed by atoms with Gasteiger partial charge in [-0.25, -0.2) is 4.79 Å². The summed E-state index contributed by atoms with van der Waals surface area (Å²) < 4.78 is 15.7. The van der Waals surface area contributed by atoms with Crippen LogP contribution >= 0.6 is 0 Å². The zero-order valence-electron chi connectivity index (χ0n) is 10.7. The molecule has 0 spiro atoms. The van der Waals surface area contributed by atoms with Crippen molar-refractivity contribution in [2.75, 3.05) is 12.1 Å². The first-order valence-corrected chi connectivity index (χ1v) is 6.19. The van der Waals surface area contributed by atoms with Crippen molar-refractivity contribution in [3.05, 3.63) is 54.1 Å². The van der Waals surface area contributed by atoms with Gasteiger partial charge in [0.1, 0.15) is 6.61 Å². The van der Waals surface area contributed by atoms with Crippen molar-refractivity contribution in [3.63, 3.8) is 0 Å². The molecule has 1 N–H and O–H groups in total. The lowest BCUT2D eigenvalue weighted by Gasteiger charge is -2.09. The van der Waals surface area contributed by atoms with Crippen molar-refractivity contribution in [2.45, 2.75) is 6.61 Å². The number of rotatable bonds is 3. The highest BCUT2D eigenvalue weighted by atomic mass is 16.7. The minimum absolute atomic E-state index is 0.160. The molecule has 1 aliphatic heterocycles. The average molecular weight is 271 g/mol. The van der Waals surface area contributed by atoms with Gasteiger partial charge >= 0.3 is 6.09 Å². The van der Waals surface area contributed by atoms with Crippen LogP contribution in [-0.4, -0.2) is 12.9 Å². The van der Waals surface area contributed by atoms with E-state index in [4.69, 9.17) is 14.2 Å². The molecule has 1 aliphatic rings. The standard InChI is InChI=1S/C15H13NO4/c17-15(18-9-11-5-2-1-3-6-11)16-12-7-4-8-13-14(12)20-10-19-13/h1-8H,9-10H2,(H,16,17). The molecule has 5 heteroatoms. The molecule has 1 heterocycles. The SMILES string of the molecule is O=C(Nc1cccc2c1OCO2)OCc1ccccc1. The quantitative estimate of drug-likeness (QED) is 0.931. The topological polar surface area (TPSA) is 56.8 Å². The summed E-state index contributed by atoms with van der Waals surface area (Å²) in [4.78, 5) is 11.8. The molecule has 20 heavy (non-hydrogen) atoms. The van der Waals surface area contributed by atoms with Crippen LogP contribution in [0.25, 0.3) is 0 Å². The number of amides is 1. The maximum absolute atomic E-state index is 11.8. The minimum Gasteiger partial charge on any atom is -0.454 e. The van der Waals surface area contributed by atoms with Crippen LogP contribution in [0.5, 0.6) is 11.5 Å². The van der Waals surface area contributed by atoms with Gasteiger partial charge in [-0.05, 0) is 17.7 Å². The number of benzene rings is 2. The van der Waals surface area contributed by atoms with Crippen LogP contribution in [0.4, 0.5) is 10.5 Å². The molecule has 0 radical (unpaired) electrons. The summed E-state index contributed by atoms with van der Waals surface area (Å²) in [6.07, 6.45) is -0.530. The fraction of sp³-hybridized carbons (Fsp3) is 0.133. The van der Waals surface area contributed by atoms with Crippen molar-refractivity contribution in [3.8, 4) is 11.5 Å². The van der Waals surface area contributed by atoms with Gasteiger partial charge in [-0.1, -0.05) is 36.4 Å². The lowest BCUT2D eigenvalue weighted by Crippen LogP contribution is -2.13. The highest BCUT2D eigenvalue weighted by molar-refractivity contribution is 5.87. The van der Waals surface area contributed by atoms with Gasteiger partial charge < -0.3 is 14.2 Å². The van der Waals surface area contributed by atoms with E-state index < -0.39 is 6.09 Å². The molecular formula is C15H13NO4. The molecule has 2 aromatic rings. The van der Waals surface area contributed by atoms with E-state index in [0.29, 0.717) is 17.2 Å². The first-order chi connectivity index (χ1) is 9.83. The third-order valence-electron chi connectivity index (χ3n) is 2.85. The molecule has 2 aromatic carbocycles. The van der Waals surface area contributed by atoms with Crippen molar-refractivity contribution >= 4 is 11.8 Å². The van der Waals surface area contributed by atoms with E-state index in [1.165, 1.54) is 0 Å². The van der Waals surface area contributed by atoms with Crippen LogP contribution in [0.2, 0.25) is 0 Å². The predicted octanol–water partition coefficient (Wildman–Crippen LogP) is 3.16. The van der Waals surface area contributed by atoms with E-state index in [2.05, 4.69) is 5.32 Å². The number of ether oxygens (including phenoxy) is 3. The van der Waals surface area contributed by atoms with Crippen molar-refractivity contribution in [2.24, 2.45) is 0 Å². The third-order valence-corrected chi connectivity index (χ3v) is 2.85. The Labute approximate surface area is 116 Å². The summed E-state index contributed by atoms with van der Waals surface area (Å²) in [5.41, 5.74) is 1.47. The maximum atomic E-state index is 11.8. The van der Waals surface area contributed by atoms with Gasteiger partial charge in [0.2, 0.25) is 6.79 Å². The molecular weight excluding hydrogens is 258 g/mol. The highest BCUT2D eigenvalue weighted by Gasteiger charge is 2.18. The lowest BCUT2D eigenvalue weighted by atomic mass is 10.2. The Morgan fingerprint density at radius 2 is 1.95 bits per heavy atom. The molecule has 0 saturated heterocycles. The first-order valence-electron chi connectivity index (χ1n) is 6.19. The fourth-order valence-corrected chi connectivity index (χ4v) is 1.90. The molecule has 0 fully saturated rings. The molecule has 5 nitrogen and oxygen atoms in total. The van der Waals surface area contributed by atoms with E-state index in [9.17, 15) is 4.79 Å². The normalized spacial score (nSPS) is 12.0. The Morgan fingerprint density at radius 1 is 1.10 bits per heavy atom. The Balaban J connectivity index is 1.61. The lowest BCUT2D eigenvalue weighted by molar-refractivity contribution is 0.154. The zero-order valence-corrected chi connectivity index (χ0v) is 10.7. The summed E-state index contributed by atoms with van der Waals surface area (Å²) in [5.74, 6) is 1.15. The number of nitrogens with one attached hydrogen (secondary N) is 1. The number of anilines is 1. The van der Waals surface area contributed by atoms with Gasteiger partial charge in [0.05, 0.1) is 5.69 Å². The molecule has 0 atom stereocenters. The van der Waals surface area contributed by atoms with E-state index in [-0.39, 0.29) is 13.4 Å². The largest absolute Gasteiger partial charge is 0.454 e. The van der Waals surface area contributed by atoms with Crippen LogP contribution in [0.15, 0.2) is 48.5 Å². The van der Waals surface area contributed by atoms with E-state index in [1.807, 2.05) is 30.3 Å². The molecule has 0 aliphatic carbocycles. The number of para-hydroxylation sites is 1. The second-order valence-electron chi connectivity index (χ2n) is 4.23. The highest BCUT2D eigenvalue weighted by Crippen LogP contribution is 2.38. The summed E-state index contributed by atoms with van der Waals surface area (Å²) in [5, 5.41) is 2.65. The van der Waals surface area contributed by atoms with Crippen molar-refractivity contribution in [1.29, 1.82) is 0 Å². The van der Waals surface area contributed by atoms with Gasteiger partial charge in [-0.2, -0.15) is 0 Å². The number of hydrogen-bond acceptors (Lipinski definition) is 4. The second-order valence-corrected chi connectivity index (χ2v) is 4.23. The Morgan fingerprint density at radius 3 is 2.80 bits per heavy atom. The molecule has 0 bridgehead atoms. The van der Waals surface area contributed by atoms with Gasteiger partial charge in [-0.3, -0.25) is 5.32 Å². The van der Waals surface area contributed by atoms with E-state index in [0.717, 1.165) is 5.56 Å². The summed E-state index contributed by atoms with van der Waals surface area (Å²) >= 11 is 0. The molecule has 0 unspecified atom stereocenters. The second kappa shape index (κ2) is 5.52. The van der Waals surface area contributed by atoms with E-state index >= 15 is 0 Å². The third kappa shape index (κ3) is 2.66. The monoisotopic (exact) mass is 271 g/mol. The molecule has 1 amide bonds. The van der Waals surface area contributed by atoms with Crippen molar-refractivity contribution in [1.82, 2.24) is 0 Å². The van der Waals surface area contributed by atoms with Crippen LogP contribution in [0, 0.1) is 0 Å². The Bertz CT molecular complexity index is 613. The van der Waals surface area contributed by atoms with Crippen LogP contribution in [0.1, 0.15) is 5.56 Å². The van der Waals surface area contributed by atoms with E-state index in [1.54, 1.807) is 18.2 Å². The van der Waals surface area contributed by atoms with Crippen LogP contribution in [-0.2, 0) is 11.3 Å². The summed E-state index contributed by atoms with van der Waals surface area (Å²) in [6, 6.07) is 14.8. The van der Waals surface area contributed by atoms with Gasteiger partial charge in [0.15, 0.2) is 11.5 Å². The predicted molar refractivity (Wildman–Crippen MR) is 72.8 cm³/mol. The Hall–Kier alpha value is -2.69.